The molecule has 8 nitrogen and oxygen atoms in total. The van der Waals surface area contributed by atoms with Gasteiger partial charge in [0.05, 0.1) is 11.1 Å². The van der Waals surface area contributed by atoms with Gasteiger partial charge in [0.25, 0.3) is 5.91 Å². The molecule has 3 rings (SSSR count). The molecule has 0 saturated carbocycles. The van der Waals surface area contributed by atoms with Gasteiger partial charge in [0, 0.05) is 32.7 Å². The number of hydrogen-bond acceptors (Lipinski definition) is 6. The molecule has 1 aliphatic heterocycles. The molecule has 2 amide bonds. The van der Waals surface area contributed by atoms with Gasteiger partial charge in [-0.25, -0.2) is 0 Å². The summed E-state index contributed by atoms with van der Waals surface area (Å²) in [6.07, 6.45) is -0.493. The minimum atomic E-state index is -4.61. The molecule has 2 heterocycles. The smallest absolute Gasteiger partial charge is 0.399 e. The topological polar surface area (TPSA) is 91.6 Å². The van der Waals surface area contributed by atoms with Gasteiger partial charge in [0.15, 0.2) is 0 Å². The number of halogens is 3. The van der Waals surface area contributed by atoms with Crippen LogP contribution in [0.5, 0.6) is 0 Å². The number of unbranched alkanes of at least 4 members (excludes halogenated alkanes) is 3. The fourth-order valence-corrected chi connectivity index (χ4v) is 3.45. The van der Waals surface area contributed by atoms with E-state index in [0.717, 1.165) is 31.7 Å². The molecule has 1 aliphatic rings. The number of aromatic nitrogens is 2. The van der Waals surface area contributed by atoms with Crippen molar-refractivity contribution < 1.29 is 27.2 Å². The van der Waals surface area contributed by atoms with Gasteiger partial charge in [-0.3, -0.25) is 9.59 Å². The summed E-state index contributed by atoms with van der Waals surface area (Å²) >= 11 is 0. The highest BCUT2D eigenvalue weighted by molar-refractivity contribution is 5.96. The fourth-order valence-electron chi connectivity index (χ4n) is 3.45. The van der Waals surface area contributed by atoms with E-state index in [2.05, 4.69) is 22.4 Å². The summed E-state index contributed by atoms with van der Waals surface area (Å²) in [4.78, 5) is 27.8. The summed E-state index contributed by atoms with van der Waals surface area (Å²) in [6.45, 7) is 3.59. The first kappa shape index (κ1) is 23.6. The highest BCUT2D eigenvalue weighted by Gasteiger charge is 2.36. The third kappa shape index (κ3) is 5.77. The Labute approximate surface area is 183 Å². The molecule has 2 aromatic rings. The van der Waals surface area contributed by atoms with E-state index < -0.39 is 23.6 Å². The van der Waals surface area contributed by atoms with Crippen molar-refractivity contribution in [1.82, 2.24) is 20.4 Å². The van der Waals surface area contributed by atoms with E-state index in [9.17, 15) is 22.8 Å². The third-order valence-corrected chi connectivity index (χ3v) is 5.22. The molecule has 0 radical (unpaired) electrons. The maximum atomic E-state index is 13.2. The molecule has 0 atom stereocenters. The van der Waals surface area contributed by atoms with Crippen molar-refractivity contribution in [1.29, 1.82) is 0 Å². The number of rotatable bonds is 8. The van der Waals surface area contributed by atoms with Crippen LogP contribution in [0.3, 0.4) is 0 Å². The Bertz CT molecular complexity index is 923. The Kier molecular flexibility index (Phi) is 7.70. The molecule has 1 N–H and O–H groups in total. The van der Waals surface area contributed by atoms with Gasteiger partial charge >= 0.3 is 24.0 Å². The molecule has 0 unspecified atom stereocenters. The van der Waals surface area contributed by atoms with Crippen molar-refractivity contribution in [2.24, 2.45) is 0 Å². The van der Waals surface area contributed by atoms with E-state index in [-0.39, 0.29) is 30.6 Å². The molecule has 0 bridgehead atoms. The van der Waals surface area contributed by atoms with Crippen LogP contribution < -0.4 is 10.2 Å². The summed E-state index contributed by atoms with van der Waals surface area (Å²) in [7, 11) is 0. The Balaban J connectivity index is 1.54. The molecule has 1 saturated heterocycles. The maximum Gasteiger partial charge on any atom is 0.417 e. The molecule has 174 valence electrons. The van der Waals surface area contributed by atoms with Crippen LogP contribution in [0.2, 0.25) is 0 Å². The van der Waals surface area contributed by atoms with Crippen molar-refractivity contribution in [2.45, 2.75) is 38.8 Å². The number of carbonyl (C=O) groups excluding carboxylic acids is 2. The third-order valence-electron chi connectivity index (χ3n) is 5.22. The largest absolute Gasteiger partial charge is 0.417 e. The van der Waals surface area contributed by atoms with Crippen LogP contribution in [0.25, 0.3) is 0 Å². The van der Waals surface area contributed by atoms with Crippen molar-refractivity contribution >= 4 is 17.8 Å². The van der Waals surface area contributed by atoms with E-state index in [1.54, 1.807) is 4.90 Å². The summed E-state index contributed by atoms with van der Waals surface area (Å²) in [5, 5.41) is 10.4. The Morgan fingerprint density at radius 2 is 1.78 bits per heavy atom. The second kappa shape index (κ2) is 10.5. The first-order valence-corrected chi connectivity index (χ1v) is 10.6. The van der Waals surface area contributed by atoms with Crippen LogP contribution in [-0.2, 0) is 6.18 Å². The predicted octanol–water partition coefficient (Wildman–Crippen LogP) is 3.36. The van der Waals surface area contributed by atoms with Crippen molar-refractivity contribution in [3.05, 3.63) is 41.3 Å². The number of nitrogens with zero attached hydrogens (tertiary/aromatic N) is 4. The molecular formula is C21H26F3N5O3. The van der Waals surface area contributed by atoms with Gasteiger partial charge in [-0.05, 0) is 18.6 Å². The number of anilines is 1. The van der Waals surface area contributed by atoms with E-state index in [0.29, 0.717) is 19.6 Å². The first-order valence-electron chi connectivity index (χ1n) is 10.6. The van der Waals surface area contributed by atoms with Crippen LogP contribution in [0.1, 0.15) is 59.2 Å². The van der Waals surface area contributed by atoms with Crippen molar-refractivity contribution in [3.63, 3.8) is 0 Å². The standard InChI is InChI=1S/C21H26F3N5O3/c1-2-3-4-7-10-25-17(30)18-26-27-20(32-18)29-13-11-28(12-14-29)19(31)15-8-5-6-9-16(15)21(22,23)24/h5-6,8-9H,2-4,7,10-14H2,1H3,(H,25,30). The van der Waals surface area contributed by atoms with E-state index in [1.807, 2.05) is 0 Å². The van der Waals surface area contributed by atoms with Gasteiger partial charge in [0.1, 0.15) is 0 Å². The molecule has 0 aliphatic carbocycles. The number of nitrogens with one attached hydrogen (secondary N) is 1. The van der Waals surface area contributed by atoms with Gasteiger partial charge < -0.3 is 19.5 Å². The second-order valence-corrected chi connectivity index (χ2v) is 7.53. The Morgan fingerprint density at radius 3 is 2.47 bits per heavy atom. The monoisotopic (exact) mass is 453 g/mol. The number of hydrogen-bond donors (Lipinski definition) is 1. The van der Waals surface area contributed by atoms with Crippen LogP contribution in [-0.4, -0.2) is 59.6 Å². The normalized spacial score (nSPS) is 14.5. The predicted molar refractivity (Wildman–Crippen MR) is 110 cm³/mol. The zero-order chi connectivity index (χ0) is 23.1. The Hall–Kier alpha value is -3.11. The average molecular weight is 453 g/mol. The van der Waals surface area contributed by atoms with Crippen LogP contribution >= 0.6 is 0 Å². The second-order valence-electron chi connectivity index (χ2n) is 7.53. The van der Waals surface area contributed by atoms with Crippen molar-refractivity contribution in [2.75, 3.05) is 37.6 Å². The molecule has 11 heteroatoms. The van der Waals surface area contributed by atoms with E-state index >= 15 is 0 Å². The number of alkyl halides is 3. The van der Waals surface area contributed by atoms with E-state index in [1.165, 1.54) is 23.1 Å². The van der Waals surface area contributed by atoms with Crippen LogP contribution in [0.4, 0.5) is 19.2 Å². The van der Waals surface area contributed by atoms with Gasteiger partial charge in [-0.15, -0.1) is 5.10 Å². The molecule has 1 aromatic carbocycles. The van der Waals surface area contributed by atoms with Gasteiger partial charge in [-0.2, -0.15) is 13.2 Å². The quantitative estimate of drug-likeness (QED) is 0.617. The molecule has 0 spiro atoms. The lowest BCUT2D eigenvalue weighted by Crippen LogP contribution is -2.49. The average Bonchev–Trinajstić information content (AvgIpc) is 3.28. The minimum Gasteiger partial charge on any atom is -0.399 e. The minimum absolute atomic E-state index is 0.143. The van der Waals surface area contributed by atoms with Gasteiger partial charge in [0.2, 0.25) is 0 Å². The highest BCUT2D eigenvalue weighted by atomic mass is 19.4. The lowest BCUT2D eigenvalue weighted by Gasteiger charge is -2.34. The molecule has 32 heavy (non-hydrogen) atoms. The lowest BCUT2D eigenvalue weighted by molar-refractivity contribution is -0.138. The number of benzene rings is 1. The van der Waals surface area contributed by atoms with E-state index in [4.69, 9.17) is 4.42 Å². The number of piperazine rings is 1. The molecule has 1 aromatic heterocycles. The van der Waals surface area contributed by atoms with Crippen LogP contribution in [0, 0.1) is 0 Å². The Morgan fingerprint density at radius 1 is 1.06 bits per heavy atom. The summed E-state index contributed by atoms with van der Waals surface area (Å²) in [5.74, 6) is -1.27. The lowest BCUT2D eigenvalue weighted by atomic mass is 10.1. The fraction of sp³-hybridized carbons (Fsp3) is 0.524. The van der Waals surface area contributed by atoms with Crippen molar-refractivity contribution in [3.8, 4) is 0 Å². The van der Waals surface area contributed by atoms with Crippen LogP contribution in [0.15, 0.2) is 28.7 Å². The summed E-state index contributed by atoms with van der Waals surface area (Å²) < 4.78 is 45.1. The van der Waals surface area contributed by atoms with Gasteiger partial charge in [-0.1, -0.05) is 43.4 Å². The zero-order valence-electron chi connectivity index (χ0n) is 17.8. The first-order chi connectivity index (χ1) is 15.3. The summed E-state index contributed by atoms with van der Waals surface area (Å²) in [5.41, 5.74) is -1.32. The molecular weight excluding hydrogens is 427 g/mol. The highest BCUT2D eigenvalue weighted by Crippen LogP contribution is 2.32. The molecule has 1 fully saturated rings. The SMILES string of the molecule is CCCCCCNC(=O)c1nnc(N2CCN(C(=O)c3ccccc3C(F)(F)F)CC2)o1. The number of carbonyl (C=O) groups is 2. The number of amides is 2. The summed E-state index contributed by atoms with van der Waals surface area (Å²) in [6, 6.07) is 4.89. The maximum absolute atomic E-state index is 13.2. The zero-order valence-corrected chi connectivity index (χ0v) is 17.8.